The highest BCUT2D eigenvalue weighted by Gasteiger charge is 2.20. The molecule has 1 aromatic heterocycles. The number of hydrogen-bond acceptors (Lipinski definition) is 13. The molecular weight excluding hydrogens is 446 g/mol. The number of carbonyl (C=O) groups excluding carboxylic acids is 1. The molecule has 13 nitrogen and oxygen atoms in total. The molecule has 4 rings (SSSR count). The van der Waals surface area contributed by atoms with E-state index < -0.39 is 12.6 Å². The molecule has 0 spiro atoms. The number of morpholine rings is 2. The summed E-state index contributed by atoms with van der Waals surface area (Å²) in [5.41, 5.74) is 3.57. The SMILES string of the molecule is COc1cc(/C=N\Nc2nc(N3CCOCC3)nc(N3CCOCC3)n2)ccc1OCC(=O)[O-]. The molecule has 1 N–H and O–H groups in total. The number of anilines is 3. The highest BCUT2D eigenvalue weighted by atomic mass is 16.5. The number of aliphatic carboxylic acids is 1. The lowest BCUT2D eigenvalue weighted by atomic mass is 10.2. The molecule has 13 heteroatoms. The van der Waals surface area contributed by atoms with Gasteiger partial charge in [-0.25, -0.2) is 5.43 Å². The average Bonchev–Trinajstić information content (AvgIpc) is 2.88. The fraction of sp³-hybridized carbons (Fsp3) is 0.476. The van der Waals surface area contributed by atoms with Crippen LogP contribution in [0.15, 0.2) is 23.3 Å². The van der Waals surface area contributed by atoms with Crippen molar-refractivity contribution in [1.29, 1.82) is 0 Å². The Morgan fingerprint density at radius 2 is 1.68 bits per heavy atom. The Morgan fingerprint density at radius 3 is 2.24 bits per heavy atom. The summed E-state index contributed by atoms with van der Waals surface area (Å²) >= 11 is 0. The van der Waals surface area contributed by atoms with Crippen molar-refractivity contribution in [3.8, 4) is 11.5 Å². The van der Waals surface area contributed by atoms with E-state index in [0.29, 0.717) is 87.5 Å². The van der Waals surface area contributed by atoms with Crippen LogP contribution in [0.2, 0.25) is 0 Å². The molecule has 182 valence electrons. The van der Waals surface area contributed by atoms with Gasteiger partial charge >= 0.3 is 0 Å². The van der Waals surface area contributed by atoms with E-state index in [1.165, 1.54) is 7.11 Å². The number of nitrogens with zero attached hydrogens (tertiary/aromatic N) is 6. The van der Waals surface area contributed by atoms with Gasteiger partial charge in [0.15, 0.2) is 11.5 Å². The first-order valence-electron chi connectivity index (χ1n) is 10.8. The Bertz CT molecular complexity index is 973. The number of ether oxygens (including phenoxy) is 4. The van der Waals surface area contributed by atoms with E-state index in [0.717, 1.165) is 0 Å². The first-order valence-corrected chi connectivity index (χ1v) is 10.8. The quantitative estimate of drug-likeness (QED) is 0.357. The second kappa shape index (κ2) is 11.4. The van der Waals surface area contributed by atoms with E-state index >= 15 is 0 Å². The van der Waals surface area contributed by atoms with Crippen LogP contribution in [-0.2, 0) is 14.3 Å². The lowest BCUT2D eigenvalue weighted by Gasteiger charge is -2.30. The van der Waals surface area contributed by atoms with Crippen LogP contribution in [-0.4, -0.2) is 93.5 Å². The van der Waals surface area contributed by atoms with Crippen molar-refractivity contribution in [2.24, 2.45) is 5.10 Å². The molecule has 0 atom stereocenters. The number of rotatable bonds is 9. The molecule has 34 heavy (non-hydrogen) atoms. The molecule has 0 amide bonds. The first kappa shape index (κ1) is 23.4. The Balaban J connectivity index is 1.50. The number of carboxylic acids is 1. The first-order chi connectivity index (χ1) is 16.6. The normalized spacial score (nSPS) is 16.5. The van der Waals surface area contributed by atoms with E-state index in [-0.39, 0.29) is 0 Å². The van der Waals surface area contributed by atoms with Crippen molar-refractivity contribution in [3.05, 3.63) is 23.8 Å². The van der Waals surface area contributed by atoms with E-state index in [1.54, 1.807) is 24.4 Å². The van der Waals surface area contributed by atoms with Crippen molar-refractivity contribution < 1.29 is 28.8 Å². The summed E-state index contributed by atoms with van der Waals surface area (Å²) in [6.45, 7) is 4.68. The maximum Gasteiger partial charge on any atom is 0.250 e. The fourth-order valence-electron chi connectivity index (χ4n) is 3.40. The molecule has 2 aliphatic heterocycles. The summed E-state index contributed by atoms with van der Waals surface area (Å²) in [4.78, 5) is 28.5. The molecular formula is C21H26N7O6-. The van der Waals surface area contributed by atoms with Gasteiger partial charge in [0, 0.05) is 26.2 Å². The summed E-state index contributed by atoms with van der Waals surface area (Å²) < 4.78 is 21.3. The van der Waals surface area contributed by atoms with Gasteiger partial charge < -0.3 is 38.6 Å². The lowest BCUT2D eigenvalue weighted by molar-refractivity contribution is -0.307. The van der Waals surface area contributed by atoms with Gasteiger partial charge in [-0.1, -0.05) is 0 Å². The largest absolute Gasteiger partial charge is 0.546 e. The summed E-state index contributed by atoms with van der Waals surface area (Å²) in [6.07, 6.45) is 1.57. The summed E-state index contributed by atoms with van der Waals surface area (Å²) in [5, 5.41) is 14.9. The third kappa shape index (κ3) is 6.20. The second-order valence-electron chi connectivity index (χ2n) is 7.40. The van der Waals surface area contributed by atoms with Gasteiger partial charge in [-0.3, -0.25) is 0 Å². The zero-order valence-corrected chi connectivity index (χ0v) is 18.8. The van der Waals surface area contributed by atoms with Gasteiger partial charge in [-0.15, -0.1) is 0 Å². The molecule has 2 aliphatic rings. The average molecular weight is 472 g/mol. The molecule has 0 radical (unpaired) electrons. The van der Waals surface area contributed by atoms with Crippen molar-refractivity contribution in [2.45, 2.75) is 0 Å². The van der Waals surface area contributed by atoms with Crippen molar-refractivity contribution in [1.82, 2.24) is 15.0 Å². The predicted molar refractivity (Wildman–Crippen MR) is 121 cm³/mol. The molecule has 3 heterocycles. The second-order valence-corrected chi connectivity index (χ2v) is 7.40. The number of nitrogens with one attached hydrogen (secondary N) is 1. The number of carbonyl (C=O) groups is 1. The van der Waals surface area contributed by atoms with Crippen LogP contribution in [0, 0.1) is 0 Å². The van der Waals surface area contributed by atoms with E-state index in [9.17, 15) is 9.90 Å². The number of aromatic nitrogens is 3. The molecule has 2 fully saturated rings. The lowest BCUT2D eigenvalue weighted by Crippen LogP contribution is -2.40. The minimum Gasteiger partial charge on any atom is -0.546 e. The number of carboxylic acid groups (broad SMARTS) is 1. The summed E-state index contributed by atoms with van der Waals surface area (Å²) in [6, 6.07) is 4.98. The third-order valence-electron chi connectivity index (χ3n) is 5.11. The van der Waals surface area contributed by atoms with Crippen LogP contribution < -0.4 is 29.8 Å². The number of benzene rings is 1. The van der Waals surface area contributed by atoms with Crippen molar-refractivity contribution in [2.75, 3.05) is 81.5 Å². The number of hydrazone groups is 1. The standard InChI is InChI=1S/C21H27N7O6/c1-31-17-12-15(2-3-16(17)34-14-18(29)30)13-22-26-19-23-20(27-4-8-32-9-5-27)25-21(24-19)28-6-10-33-11-7-28/h2-3,12-13H,4-11,14H2,1H3,(H,29,30)(H,23,24,25,26)/p-1/b22-13-. The van der Waals surface area contributed by atoms with E-state index in [2.05, 4.69) is 35.3 Å². The molecule has 1 aromatic carbocycles. The van der Waals surface area contributed by atoms with E-state index in [4.69, 9.17) is 18.9 Å². The van der Waals surface area contributed by atoms with Crippen molar-refractivity contribution in [3.63, 3.8) is 0 Å². The predicted octanol–water partition coefficient (Wildman–Crippen LogP) is -0.872. The highest BCUT2D eigenvalue weighted by Crippen LogP contribution is 2.27. The Labute approximate surface area is 196 Å². The monoisotopic (exact) mass is 472 g/mol. The maximum atomic E-state index is 10.6. The van der Waals surface area contributed by atoms with E-state index in [1.807, 2.05) is 0 Å². The van der Waals surface area contributed by atoms with Crippen LogP contribution in [0.5, 0.6) is 11.5 Å². The third-order valence-corrected chi connectivity index (χ3v) is 5.11. The van der Waals surface area contributed by atoms with Gasteiger partial charge in [-0.2, -0.15) is 20.1 Å². The topological polar surface area (TPSA) is 147 Å². The molecule has 0 unspecified atom stereocenters. The van der Waals surface area contributed by atoms with Crippen LogP contribution in [0.1, 0.15) is 5.56 Å². The maximum absolute atomic E-state index is 10.6. The Kier molecular flexibility index (Phi) is 7.88. The molecule has 0 bridgehead atoms. The minimum absolute atomic E-state index is 0.291. The molecule has 0 saturated carbocycles. The zero-order chi connectivity index (χ0) is 23.8. The van der Waals surface area contributed by atoms with Gasteiger partial charge in [0.05, 0.1) is 45.7 Å². The van der Waals surface area contributed by atoms with Gasteiger partial charge in [0.2, 0.25) is 17.8 Å². The summed E-state index contributed by atoms with van der Waals surface area (Å²) in [5.74, 6) is 0.786. The molecule has 2 aromatic rings. The Hall–Kier alpha value is -3.71. The number of methoxy groups -OCH3 is 1. The fourth-order valence-corrected chi connectivity index (χ4v) is 3.40. The minimum atomic E-state index is -1.32. The van der Waals surface area contributed by atoms with Crippen LogP contribution in [0.4, 0.5) is 17.8 Å². The summed E-state index contributed by atoms with van der Waals surface area (Å²) in [7, 11) is 1.46. The Morgan fingerprint density at radius 1 is 1.06 bits per heavy atom. The zero-order valence-electron chi connectivity index (χ0n) is 18.8. The smallest absolute Gasteiger partial charge is 0.250 e. The van der Waals surface area contributed by atoms with Crippen molar-refractivity contribution >= 4 is 30.0 Å². The highest BCUT2D eigenvalue weighted by molar-refractivity contribution is 5.81. The van der Waals surface area contributed by atoms with Gasteiger partial charge in [0.1, 0.15) is 6.61 Å². The molecule has 0 aliphatic carbocycles. The van der Waals surface area contributed by atoms with Crippen LogP contribution in [0.25, 0.3) is 0 Å². The molecule has 2 saturated heterocycles. The van der Waals surface area contributed by atoms with Crippen LogP contribution >= 0.6 is 0 Å². The van der Waals surface area contributed by atoms with Gasteiger partial charge in [0.25, 0.3) is 0 Å². The number of hydrogen-bond donors (Lipinski definition) is 1. The van der Waals surface area contributed by atoms with Crippen LogP contribution in [0.3, 0.4) is 0 Å². The van der Waals surface area contributed by atoms with Gasteiger partial charge in [-0.05, 0) is 23.8 Å².